The first-order valence-electron chi connectivity index (χ1n) is 5.81. The Hall–Kier alpha value is -1.78. The van der Waals surface area contributed by atoms with Crippen LogP contribution < -0.4 is 10.1 Å². The summed E-state index contributed by atoms with van der Waals surface area (Å²) in [6, 6.07) is 3.59. The van der Waals surface area contributed by atoms with Gasteiger partial charge >= 0.3 is 0 Å². The van der Waals surface area contributed by atoms with Crippen molar-refractivity contribution in [2.75, 3.05) is 32.1 Å². The topological polar surface area (TPSA) is 54.5 Å². The smallest absolute Gasteiger partial charge is 0.241 e. The number of aromatic nitrogens is 1. The zero-order chi connectivity index (χ0) is 12.1. The third-order valence-electron chi connectivity index (χ3n) is 2.85. The van der Waals surface area contributed by atoms with Crippen molar-refractivity contribution in [1.82, 2.24) is 9.88 Å². The van der Waals surface area contributed by atoms with E-state index in [4.69, 9.17) is 4.74 Å². The summed E-state index contributed by atoms with van der Waals surface area (Å²) in [6.45, 7) is 2.10. The second-order valence-electron chi connectivity index (χ2n) is 4.03. The molecule has 0 bridgehead atoms. The Bertz CT molecular complexity index is 389. The molecule has 1 amide bonds. The number of rotatable bonds is 4. The monoisotopic (exact) mass is 235 g/mol. The Kier molecular flexibility index (Phi) is 3.80. The molecule has 1 aromatic rings. The molecule has 0 aliphatic carbocycles. The number of amides is 1. The number of methoxy groups -OCH3 is 1. The molecule has 0 saturated carbocycles. The summed E-state index contributed by atoms with van der Waals surface area (Å²) < 4.78 is 5.01. The normalized spacial score (nSPS) is 14.8. The maximum absolute atomic E-state index is 11.8. The number of anilines is 1. The third-order valence-corrected chi connectivity index (χ3v) is 2.85. The average Bonchev–Trinajstić information content (AvgIpc) is 2.90. The van der Waals surface area contributed by atoms with Crippen molar-refractivity contribution in [3.05, 3.63) is 18.3 Å². The SMILES string of the molecule is COc1cc(NCC(=O)N2CCCC2)ccn1. The molecule has 1 saturated heterocycles. The van der Waals surface area contributed by atoms with Gasteiger partial charge in [0.1, 0.15) is 0 Å². The van der Waals surface area contributed by atoms with E-state index in [1.807, 2.05) is 11.0 Å². The van der Waals surface area contributed by atoms with E-state index in [1.165, 1.54) is 0 Å². The largest absolute Gasteiger partial charge is 0.481 e. The highest BCUT2D eigenvalue weighted by Crippen LogP contribution is 2.13. The van der Waals surface area contributed by atoms with Gasteiger partial charge in [-0.3, -0.25) is 4.79 Å². The molecule has 0 aromatic carbocycles. The number of nitrogens with zero attached hydrogens (tertiary/aromatic N) is 2. The van der Waals surface area contributed by atoms with Gasteiger partial charge in [-0.15, -0.1) is 0 Å². The molecule has 0 radical (unpaired) electrons. The van der Waals surface area contributed by atoms with Crippen LogP contribution in [0.4, 0.5) is 5.69 Å². The Morgan fingerprint density at radius 1 is 1.53 bits per heavy atom. The van der Waals surface area contributed by atoms with E-state index in [-0.39, 0.29) is 5.91 Å². The number of nitrogens with one attached hydrogen (secondary N) is 1. The van der Waals surface area contributed by atoms with Crippen molar-refractivity contribution in [1.29, 1.82) is 0 Å². The van der Waals surface area contributed by atoms with Crippen LogP contribution in [0.2, 0.25) is 0 Å². The molecule has 1 aliphatic rings. The summed E-state index contributed by atoms with van der Waals surface area (Å²) in [5.74, 6) is 0.696. The number of hydrogen-bond donors (Lipinski definition) is 1. The molecule has 1 aromatic heterocycles. The summed E-state index contributed by atoms with van der Waals surface area (Å²) in [7, 11) is 1.57. The standard InChI is InChI=1S/C12H17N3O2/c1-17-11-8-10(4-5-13-11)14-9-12(16)15-6-2-3-7-15/h4-5,8H,2-3,6-7,9H2,1H3,(H,13,14). The number of carbonyl (C=O) groups is 1. The molecule has 5 heteroatoms. The minimum Gasteiger partial charge on any atom is -0.481 e. The molecule has 17 heavy (non-hydrogen) atoms. The van der Waals surface area contributed by atoms with Crippen LogP contribution in [0.5, 0.6) is 5.88 Å². The first kappa shape index (κ1) is 11.7. The van der Waals surface area contributed by atoms with Crippen LogP contribution in [0.15, 0.2) is 18.3 Å². The number of ether oxygens (including phenoxy) is 1. The highest BCUT2D eigenvalue weighted by molar-refractivity contribution is 5.81. The molecule has 5 nitrogen and oxygen atoms in total. The van der Waals surface area contributed by atoms with E-state index in [0.717, 1.165) is 31.6 Å². The number of pyridine rings is 1. The number of hydrogen-bond acceptors (Lipinski definition) is 4. The number of carbonyl (C=O) groups excluding carboxylic acids is 1. The van der Waals surface area contributed by atoms with Gasteiger partial charge < -0.3 is 15.0 Å². The van der Waals surface area contributed by atoms with Gasteiger partial charge in [-0.1, -0.05) is 0 Å². The summed E-state index contributed by atoms with van der Waals surface area (Å²) in [4.78, 5) is 17.7. The van der Waals surface area contributed by atoms with E-state index in [9.17, 15) is 4.79 Å². The van der Waals surface area contributed by atoms with Gasteiger partial charge in [0.25, 0.3) is 0 Å². The third kappa shape index (κ3) is 3.09. The Morgan fingerprint density at radius 3 is 3.00 bits per heavy atom. The van der Waals surface area contributed by atoms with Crippen molar-refractivity contribution >= 4 is 11.6 Å². The summed E-state index contributed by atoms with van der Waals surface area (Å²) in [5, 5.41) is 3.08. The fraction of sp³-hybridized carbons (Fsp3) is 0.500. The molecule has 1 aliphatic heterocycles. The van der Waals surface area contributed by atoms with Crippen LogP contribution in [0.1, 0.15) is 12.8 Å². The van der Waals surface area contributed by atoms with Gasteiger partial charge in [0.05, 0.1) is 13.7 Å². The number of likely N-dealkylation sites (tertiary alicyclic amines) is 1. The van der Waals surface area contributed by atoms with Gasteiger partial charge in [-0.25, -0.2) is 4.98 Å². The highest BCUT2D eigenvalue weighted by Gasteiger charge is 2.17. The Morgan fingerprint density at radius 2 is 2.29 bits per heavy atom. The summed E-state index contributed by atoms with van der Waals surface area (Å²) in [6.07, 6.45) is 3.89. The van der Waals surface area contributed by atoms with Gasteiger partial charge in [0, 0.05) is 31.0 Å². The van der Waals surface area contributed by atoms with Gasteiger partial charge in [0.15, 0.2) is 0 Å². The fourth-order valence-corrected chi connectivity index (χ4v) is 1.89. The van der Waals surface area contributed by atoms with Crippen molar-refractivity contribution in [3.63, 3.8) is 0 Å². The molecule has 92 valence electrons. The molecule has 2 rings (SSSR count). The molecule has 2 heterocycles. The molecule has 1 N–H and O–H groups in total. The van der Waals surface area contributed by atoms with Crippen LogP contribution >= 0.6 is 0 Å². The zero-order valence-electron chi connectivity index (χ0n) is 9.98. The van der Waals surface area contributed by atoms with Crippen molar-refractivity contribution in [3.8, 4) is 5.88 Å². The van der Waals surface area contributed by atoms with Crippen LogP contribution in [-0.2, 0) is 4.79 Å². The van der Waals surface area contributed by atoms with Gasteiger partial charge in [0.2, 0.25) is 11.8 Å². The first-order valence-corrected chi connectivity index (χ1v) is 5.81. The van der Waals surface area contributed by atoms with Crippen molar-refractivity contribution < 1.29 is 9.53 Å². The van der Waals surface area contributed by atoms with Gasteiger partial charge in [-0.2, -0.15) is 0 Å². The lowest BCUT2D eigenvalue weighted by atomic mass is 10.4. The minimum atomic E-state index is 0.151. The predicted octanol–water partition coefficient (Wildman–Crippen LogP) is 1.12. The maximum Gasteiger partial charge on any atom is 0.241 e. The van der Waals surface area contributed by atoms with E-state index >= 15 is 0 Å². The van der Waals surface area contributed by atoms with E-state index < -0.39 is 0 Å². The summed E-state index contributed by atoms with van der Waals surface area (Å²) >= 11 is 0. The Labute approximate surface area is 101 Å². The second kappa shape index (κ2) is 5.52. The van der Waals surface area contributed by atoms with Gasteiger partial charge in [-0.05, 0) is 18.9 Å². The maximum atomic E-state index is 11.8. The van der Waals surface area contributed by atoms with Crippen molar-refractivity contribution in [2.45, 2.75) is 12.8 Å². The molecular formula is C12H17N3O2. The molecule has 0 spiro atoms. The average molecular weight is 235 g/mol. The van der Waals surface area contributed by atoms with E-state index in [0.29, 0.717) is 12.4 Å². The quantitative estimate of drug-likeness (QED) is 0.849. The minimum absolute atomic E-state index is 0.151. The first-order chi connectivity index (χ1) is 8.29. The lowest BCUT2D eigenvalue weighted by molar-refractivity contribution is -0.128. The highest BCUT2D eigenvalue weighted by atomic mass is 16.5. The van der Waals surface area contributed by atoms with Crippen LogP contribution in [-0.4, -0.2) is 42.5 Å². The summed E-state index contributed by atoms with van der Waals surface area (Å²) in [5.41, 5.74) is 0.851. The lowest BCUT2D eigenvalue weighted by Crippen LogP contribution is -2.32. The molecular weight excluding hydrogens is 218 g/mol. The zero-order valence-corrected chi connectivity index (χ0v) is 9.98. The van der Waals surface area contributed by atoms with Crippen molar-refractivity contribution in [2.24, 2.45) is 0 Å². The lowest BCUT2D eigenvalue weighted by Gasteiger charge is -2.16. The van der Waals surface area contributed by atoms with E-state index in [2.05, 4.69) is 10.3 Å². The van der Waals surface area contributed by atoms with Crippen LogP contribution in [0.3, 0.4) is 0 Å². The predicted molar refractivity (Wildman–Crippen MR) is 65.1 cm³/mol. The molecule has 1 fully saturated rings. The molecule has 0 unspecified atom stereocenters. The van der Waals surface area contributed by atoms with Crippen LogP contribution in [0.25, 0.3) is 0 Å². The Balaban J connectivity index is 1.86. The second-order valence-corrected chi connectivity index (χ2v) is 4.03. The molecule has 0 atom stereocenters. The van der Waals surface area contributed by atoms with Crippen LogP contribution in [0, 0.1) is 0 Å². The van der Waals surface area contributed by atoms with E-state index in [1.54, 1.807) is 19.4 Å². The fourth-order valence-electron chi connectivity index (χ4n) is 1.89.